The first-order valence-corrected chi connectivity index (χ1v) is 5.43. The summed E-state index contributed by atoms with van der Waals surface area (Å²) in [7, 11) is 6.23. The molecular formula is C12H22N2O. The highest BCUT2D eigenvalue weighted by molar-refractivity contribution is 5.17. The highest BCUT2D eigenvalue weighted by Gasteiger charge is 2.35. The second-order valence-electron chi connectivity index (χ2n) is 4.38. The van der Waals surface area contributed by atoms with Gasteiger partial charge in [-0.3, -0.25) is 0 Å². The Labute approximate surface area is 92.5 Å². The second kappa shape index (κ2) is 4.81. The van der Waals surface area contributed by atoms with Gasteiger partial charge in [0.2, 0.25) is 0 Å². The van der Waals surface area contributed by atoms with Gasteiger partial charge in [-0.15, -0.1) is 0 Å². The van der Waals surface area contributed by atoms with Crippen LogP contribution in [-0.2, 0) is 0 Å². The fourth-order valence-electron chi connectivity index (χ4n) is 2.05. The zero-order valence-corrected chi connectivity index (χ0v) is 10.4. The molecule has 1 rings (SSSR count). The van der Waals surface area contributed by atoms with Crippen LogP contribution in [0.5, 0.6) is 0 Å². The zero-order valence-electron chi connectivity index (χ0n) is 10.4. The van der Waals surface area contributed by atoms with Gasteiger partial charge in [0.05, 0.1) is 18.6 Å². The first kappa shape index (κ1) is 12.3. The Hall–Kier alpha value is -0.800. The molecule has 15 heavy (non-hydrogen) atoms. The molecule has 2 unspecified atom stereocenters. The van der Waals surface area contributed by atoms with E-state index in [1.165, 1.54) is 5.56 Å². The molecule has 0 aliphatic rings. The van der Waals surface area contributed by atoms with E-state index in [1.807, 2.05) is 19.4 Å². The zero-order chi connectivity index (χ0) is 11.5. The molecule has 86 valence electrons. The molecule has 0 bridgehead atoms. The first-order chi connectivity index (χ1) is 7.06. The van der Waals surface area contributed by atoms with Crippen LogP contribution in [0.2, 0.25) is 0 Å². The molecular weight excluding hydrogens is 188 g/mol. The summed E-state index contributed by atoms with van der Waals surface area (Å²) in [6.07, 6.45) is 4.63. The van der Waals surface area contributed by atoms with Crippen molar-refractivity contribution in [2.75, 3.05) is 21.1 Å². The predicted octanol–water partition coefficient (Wildman–Crippen LogP) is 2.27. The lowest BCUT2D eigenvalue weighted by molar-refractivity contribution is 0.116. The van der Waals surface area contributed by atoms with E-state index in [0.717, 1.165) is 6.42 Å². The summed E-state index contributed by atoms with van der Waals surface area (Å²) in [6, 6.07) is 2.31. The number of furan rings is 1. The van der Waals surface area contributed by atoms with E-state index in [2.05, 4.69) is 38.2 Å². The van der Waals surface area contributed by atoms with Crippen molar-refractivity contribution in [3.8, 4) is 0 Å². The molecule has 0 saturated heterocycles. The smallest absolute Gasteiger partial charge is 0.0951 e. The minimum atomic E-state index is 0.0959. The topological polar surface area (TPSA) is 28.4 Å². The summed E-state index contributed by atoms with van der Waals surface area (Å²) >= 11 is 0. The normalized spacial score (nSPS) is 17.7. The summed E-state index contributed by atoms with van der Waals surface area (Å²) < 4.78 is 5.16. The third-order valence-electron chi connectivity index (χ3n) is 3.52. The van der Waals surface area contributed by atoms with Crippen LogP contribution >= 0.6 is 0 Å². The molecule has 1 aromatic rings. The first-order valence-electron chi connectivity index (χ1n) is 5.43. The third kappa shape index (κ3) is 2.24. The maximum absolute atomic E-state index is 5.16. The molecule has 1 heterocycles. The van der Waals surface area contributed by atoms with Crippen molar-refractivity contribution >= 4 is 0 Å². The Morgan fingerprint density at radius 3 is 2.53 bits per heavy atom. The highest BCUT2D eigenvalue weighted by Crippen LogP contribution is 2.32. The molecule has 0 radical (unpaired) electrons. The molecule has 0 aromatic carbocycles. The Balaban J connectivity index is 2.99. The van der Waals surface area contributed by atoms with Crippen molar-refractivity contribution in [2.45, 2.75) is 31.8 Å². The summed E-state index contributed by atoms with van der Waals surface area (Å²) in [4.78, 5) is 2.27. The number of hydrogen-bond donors (Lipinski definition) is 1. The van der Waals surface area contributed by atoms with Crippen molar-refractivity contribution in [2.24, 2.45) is 0 Å². The van der Waals surface area contributed by atoms with Crippen molar-refractivity contribution in [1.82, 2.24) is 10.2 Å². The van der Waals surface area contributed by atoms with Crippen LogP contribution in [0.4, 0.5) is 0 Å². The maximum atomic E-state index is 5.16. The maximum Gasteiger partial charge on any atom is 0.0951 e. The number of nitrogens with one attached hydrogen (secondary N) is 1. The number of rotatable bonds is 5. The van der Waals surface area contributed by atoms with Crippen LogP contribution < -0.4 is 5.32 Å². The highest BCUT2D eigenvalue weighted by atomic mass is 16.3. The van der Waals surface area contributed by atoms with Gasteiger partial charge < -0.3 is 14.6 Å². The Morgan fingerprint density at radius 2 is 2.20 bits per heavy atom. The Morgan fingerprint density at radius 1 is 1.53 bits per heavy atom. The Bertz CT molecular complexity index is 282. The molecule has 0 amide bonds. The largest absolute Gasteiger partial charge is 0.472 e. The van der Waals surface area contributed by atoms with Gasteiger partial charge in [0.25, 0.3) is 0 Å². The summed E-state index contributed by atoms with van der Waals surface area (Å²) in [5.41, 5.74) is 1.30. The minimum absolute atomic E-state index is 0.0959. The third-order valence-corrected chi connectivity index (χ3v) is 3.52. The van der Waals surface area contributed by atoms with Crippen molar-refractivity contribution in [3.05, 3.63) is 24.2 Å². The van der Waals surface area contributed by atoms with E-state index < -0.39 is 0 Å². The lowest BCUT2D eigenvalue weighted by atomic mass is 9.84. The lowest BCUT2D eigenvalue weighted by Crippen LogP contribution is -2.50. The minimum Gasteiger partial charge on any atom is -0.472 e. The van der Waals surface area contributed by atoms with Gasteiger partial charge in [-0.1, -0.05) is 6.92 Å². The van der Waals surface area contributed by atoms with Crippen LogP contribution in [-0.4, -0.2) is 31.6 Å². The molecule has 1 N–H and O–H groups in total. The van der Waals surface area contributed by atoms with Crippen molar-refractivity contribution in [3.63, 3.8) is 0 Å². The summed E-state index contributed by atoms with van der Waals surface area (Å²) in [6.45, 7) is 4.48. The van der Waals surface area contributed by atoms with E-state index in [1.54, 1.807) is 6.26 Å². The molecule has 3 heteroatoms. The number of hydrogen-bond acceptors (Lipinski definition) is 3. The van der Waals surface area contributed by atoms with Gasteiger partial charge in [0, 0.05) is 11.1 Å². The van der Waals surface area contributed by atoms with Crippen LogP contribution in [0, 0.1) is 0 Å². The lowest BCUT2D eigenvalue weighted by Gasteiger charge is -2.42. The van der Waals surface area contributed by atoms with Gasteiger partial charge in [-0.2, -0.15) is 0 Å². The van der Waals surface area contributed by atoms with Gasteiger partial charge in [0.1, 0.15) is 0 Å². The molecule has 0 spiro atoms. The summed E-state index contributed by atoms with van der Waals surface area (Å²) in [5, 5.41) is 3.38. The van der Waals surface area contributed by atoms with E-state index in [0.29, 0.717) is 0 Å². The van der Waals surface area contributed by atoms with Crippen molar-refractivity contribution < 1.29 is 4.42 Å². The van der Waals surface area contributed by atoms with Gasteiger partial charge in [-0.05, 0) is 40.6 Å². The van der Waals surface area contributed by atoms with Crippen LogP contribution in [0.15, 0.2) is 23.0 Å². The van der Waals surface area contributed by atoms with Crippen LogP contribution in [0.3, 0.4) is 0 Å². The molecule has 1 aromatic heterocycles. The van der Waals surface area contributed by atoms with Gasteiger partial charge in [-0.25, -0.2) is 0 Å². The monoisotopic (exact) mass is 210 g/mol. The van der Waals surface area contributed by atoms with Crippen LogP contribution in [0.1, 0.15) is 31.9 Å². The molecule has 0 saturated carbocycles. The molecule has 0 aliphatic carbocycles. The van der Waals surface area contributed by atoms with Gasteiger partial charge in [0.15, 0.2) is 0 Å². The average molecular weight is 210 g/mol. The van der Waals surface area contributed by atoms with E-state index >= 15 is 0 Å². The number of nitrogens with zero attached hydrogens (tertiary/aromatic N) is 1. The van der Waals surface area contributed by atoms with E-state index in [-0.39, 0.29) is 11.6 Å². The number of likely N-dealkylation sites (N-methyl/N-ethyl adjacent to an activating group) is 2. The van der Waals surface area contributed by atoms with Crippen molar-refractivity contribution in [1.29, 1.82) is 0 Å². The predicted molar refractivity (Wildman–Crippen MR) is 62.9 cm³/mol. The fourth-order valence-corrected chi connectivity index (χ4v) is 2.05. The van der Waals surface area contributed by atoms with Gasteiger partial charge >= 0.3 is 0 Å². The standard InChI is InChI=1S/C12H22N2O/c1-6-12(2,14(4)5)11(13-3)10-7-8-15-9-10/h7-9,11,13H,6H2,1-5H3. The summed E-state index contributed by atoms with van der Waals surface area (Å²) in [5.74, 6) is 0. The average Bonchev–Trinajstić information content (AvgIpc) is 2.71. The molecule has 3 nitrogen and oxygen atoms in total. The Kier molecular flexibility index (Phi) is 3.94. The molecule has 0 fully saturated rings. The SMILES string of the molecule is CCC(C)(C(NC)c1ccoc1)N(C)C. The second-order valence-corrected chi connectivity index (χ2v) is 4.38. The molecule has 2 atom stereocenters. The quantitative estimate of drug-likeness (QED) is 0.808. The van der Waals surface area contributed by atoms with E-state index in [9.17, 15) is 0 Å². The molecule has 0 aliphatic heterocycles. The van der Waals surface area contributed by atoms with E-state index in [4.69, 9.17) is 4.42 Å². The van der Waals surface area contributed by atoms with Crippen LogP contribution in [0.25, 0.3) is 0 Å². The fraction of sp³-hybridized carbons (Fsp3) is 0.667.